The number of methoxy groups -OCH3 is 2. The minimum Gasteiger partial charge on any atom is -0.496 e. The molecule has 2 aromatic rings. The average Bonchev–Trinajstić information content (AvgIpc) is 2.69. The summed E-state index contributed by atoms with van der Waals surface area (Å²) in [6.07, 6.45) is 0. The Hall–Kier alpha value is -2.17. The maximum absolute atomic E-state index is 5.89. The Balaban J connectivity index is 2.69. The first-order chi connectivity index (χ1) is 8.60. The Bertz CT molecular complexity index is 556. The maximum atomic E-state index is 5.89. The van der Waals surface area contributed by atoms with Crippen molar-refractivity contribution in [2.24, 2.45) is 0 Å². The van der Waals surface area contributed by atoms with Gasteiger partial charge in [-0.2, -0.15) is 5.10 Å². The normalized spacial score (nSPS) is 10.4. The predicted octanol–water partition coefficient (Wildman–Crippen LogP) is 2.29. The van der Waals surface area contributed by atoms with Crippen molar-refractivity contribution in [2.45, 2.75) is 13.8 Å². The van der Waals surface area contributed by atoms with Crippen molar-refractivity contribution < 1.29 is 9.47 Å². The van der Waals surface area contributed by atoms with Gasteiger partial charge in [-0.25, -0.2) is 0 Å². The van der Waals surface area contributed by atoms with Gasteiger partial charge in [0.05, 0.1) is 14.2 Å². The fourth-order valence-corrected chi connectivity index (χ4v) is 2.14. The summed E-state index contributed by atoms with van der Waals surface area (Å²) in [5.41, 5.74) is 9.53. The first-order valence-electron chi connectivity index (χ1n) is 5.62. The minimum absolute atomic E-state index is 0.468. The Morgan fingerprint density at radius 2 is 1.89 bits per heavy atom. The van der Waals surface area contributed by atoms with Crippen molar-refractivity contribution in [3.8, 4) is 22.6 Å². The van der Waals surface area contributed by atoms with Gasteiger partial charge in [-0.3, -0.25) is 5.10 Å². The lowest BCUT2D eigenvalue weighted by Gasteiger charge is -2.14. The number of aromatic amines is 1. The van der Waals surface area contributed by atoms with E-state index in [1.165, 1.54) is 0 Å². The zero-order valence-electron chi connectivity index (χ0n) is 11.0. The van der Waals surface area contributed by atoms with Crippen LogP contribution in [0.5, 0.6) is 11.5 Å². The predicted molar refractivity (Wildman–Crippen MR) is 71.0 cm³/mol. The van der Waals surface area contributed by atoms with Crippen LogP contribution >= 0.6 is 0 Å². The Morgan fingerprint density at radius 3 is 2.39 bits per heavy atom. The van der Waals surface area contributed by atoms with Gasteiger partial charge < -0.3 is 15.2 Å². The lowest BCUT2D eigenvalue weighted by Crippen LogP contribution is -1.97. The van der Waals surface area contributed by atoms with Gasteiger partial charge in [0.15, 0.2) is 5.82 Å². The highest BCUT2D eigenvalue weighted by Crippen LogP contribution is 2.40. The summed E-state index contributed by atoms with van der Waals surface area (Å²) in [6.45, 7) is 3.88. The van der Waals surface area contributed by atoms with E-state index in [-0.39, 0.29) is 0 Å². The number of nitrogens with two attached hydrogens (primary N) is 1. The van der Waals surface area contributed by atoms with E-state index >= 15 is 0 Å². The first-order valence-corrected chi connectivity index (χ1v) is 5.62. The third-order valence-electron chi connectivity index (χ3n) is 3.02. The van der Waals surface area contributed by atoms with Crippen molar-refractivity contribution in [3.05, 3.63) is 23.4 Å². The second-order valence-corrected chi connectivity index (χ2v) is 4.08. The van der Waals surface area contributed by atoms with E-state index in [4.69, 9.17) is 15.2 Å². The SMILES string of the molecule is COc1ccc(-c2c(N)n[nH]c2C)c(OC)c1C. The molecule has 0 unspecified atom stereocenters. The lowest BCUT2D eigenvalue weighted by atomic mass is 10.0. The molecule has 0 saturated carbocycles. The number of aryl methyl sites for hydroxylation is 1. The van der Waals surface area contributed by atoms with Gasteiger partial charge in [0, 0.05) is 22.4 Å². The number of nitrogen functional groups attached to an aromatic ring is 1. The van der Waals surface area contributed by atoms with Crippen LogP contribution in [0.2, 0.25) is 0 Å². The van der Waals surface area contributed by atoms with Gasteiger partial charge in [-0.1, -0.05) is 0 Å². The number of aromatic nitrogens is 2. The number of nitrogens with zero attached hydrogens (tertiary/aromatic N) is 1. The number of ether oxygens (including phenoxy) is 2. The topological polar surface area (TPSA) is 73.2 Å². The second kappa shape index (κ2) is 4.60. The Morgan fingerprint density at radius 1 is 1.17 bits per heavy atom. The third kappa shape index (κ3) is 1.77. The second-order valence-electron chi connectivity index (χ2n) is 4.08. The molecule has 18 heavy (non-hydrogen) atoms. The molecule has 1 heterocycles. The summed E-state index contributed by atoms with van der Waals surface area (Å²) in [5, 5.41) is 6.88. The molecule has 96 valence electrons. The van der Waals surface area contributed by atoms with E-state index in [1.807, 2.05) is 26.0 Å². The monoisotopic (exact) mass is 247 g/mol. The van der Waals surface area contributed by atoms with E-state index in [0.717, 1.165) is 33.9 Å². The first kappa shape index (κ1) is 12.3. The molecule has 0 spiro atoms. The van der Waals surface area contributed by atoms with Crippen LogP contribution in [0.4, 0.5) is 5.82 Å². The molecule has 5 heteroatoms. The van der Waals surface area contributed by atoms with Crippen molar-refractivity contribution >= 4 is 5.82 Å². The average molecular weight is 247 g/mol. The molecule has 0 aliphatic rings. The molecule has 3 N–H and O–H groups in total. The number of H-pyrrole nitrogens is 1. The number of nitrogens with one attached hydrogen (secondary N) is 1. The standard InChI is InChI=1S/C13H17N3O2/c1-7-10(17-3)6-5-9(12(7)18-4)11-8(2)15-16-13(11)14/h5-6H,1-4H3,(H3,14,15,16). The van der Waals surface area contributed by atoms with Crippen molar-refractivity contribution in [1.82, 2.24) is 10.2 Å². The molecule has 0 aliphatic carbocycles. The molecule has 2 rings (SSSR count). The fraction of sp³-hybridized carbons (Fsp3) is 0.308. The lowest BCUT2D eigenvalue weighted by molar-refractivity contribution is 0.390. The van der Waals surface area contributed by atoms with Crippen LogP contribution in [0.25, 0.3) is 11.1 Å². The quantitative estimate of drug-likeness (QED) is 0.872. The van der Waals surface area contributed by atoms with Gasteiger partial charge in [0.2, 0.25) is 0 Å². The zero-order chi connectivity index (χ0) is 13.3. The highest BCUT2D eigenvalue weighted by atomic mass is 16.5. The summed E-state index contributed by atoms with van der Waals surface area (Å²) in [6, 6.07) is 3.83. The molecule has 5 nitrogen and oxygen atoms in total. The van der Waals surface area contributed by atoms with E-state index < -0.39 is 0 Å². The van der Waals surface area contributed by atoms with Crippen LogP contribution in [0.3, 0.4) is 0 Å². The third-order valence-corrected chi connectivity index (χ3v) is 3.02. The van der Waals surface area contributed by atoms with Crippen molar-refractivity contribution in [1.29, 1.82) is 0 Å². The Labute approximate surface area is 106 Å². The van der Waals surface area contributed by atoms with Gasteiger partial charge in [0.1, 0.15) is 11.5 Å². The fourth-order valence-electron chi connectivity index (χ4n) is 2.14. The molecule has 0 amide bonds. The summed E-state index contributed by atoms with van der Waals surface area (Å²) in [5.74, 6) is 2.01. The van der Waals surface area contributed by atoms with E-state index in [2.05, 4.69) is 10.2 Å². The highest BCUT2D eigenvalue weighted by molar-refractivity contribution is 5.82. The molecule has 0 bridgehead atoms. The summed E-state index contributed by atoms with van der Waals surface area (Å²) < 4.78 is 10.8. The number of benzene rings is 1. The van der Waals surface area contributed by atoms with Crippen LogP contribution in [0.1, 0.15) is 11.3 Å². The van der Waals surface area contributed by atoms with Gasteiger partial charge in [-0.15, -0.1) is 0 Å². The van der Waals surface area contributed by atoms with Crippen LogP contribution in [0, 0.1) is 13.8 Å². The molecule has 1 aromatic carbocycles. The summed E-state index contributed by atoms with van der Waals surface area (Å²) in [7, 11) is 3.27. The minimum atomic E-state index is 0.468. The Kier molecular flexibility index (Phi) is 3.14. The molecule has 1 aromatic heterocycles. The van der Waals surface area contributed by atoms with Gasteiger partial charge in [0.25, 0.3) is 0 Å². The van der Waals surface area contributed by atoms with E-state index in [0.29, 0.717) is 5.82 Å². The smallest absolute Gasteiger partial charge is 0.153 e. The molecule has 0 radical (unpaired) electrons. The van der Waals surface area contributed by atoms with Crippen molar-refractivity contribution in [2.75, 3.05) is 20.0 Å². The largest absolute Gasteiger partial charge is 0.496 e. The van der Waals surface area contributed by atoms with E-state index in [1.54, 1.807) is 14.2 Å². The number of anilines is 1. The van der Waals surface area contributed by atoms with Crippen LogP contribution in [-0.2, 0) is 0 Å². The maximum Gasteiger partial charge on any atom is 0.153 e. The molecule has 0 atom stereocenters. The molecule has 0 fully saturated rings. The number of hydrogen-bond donors (Lipinski definition) is 2. The van der Waals surface area contributed by atoms with Crippen LogP contribution in [0.15, 0.2) is 12.1 Å². The van der Waals surface area contributed by atoms with Crippen LogP contribution in [-0.4, -0.2) is 24.4 Å². The zero-order valence-corrected chi connectivity index (χ0v) is 11.0. The molecule has 0 aliphatic heterocycles. The van der Waals surface area contributed by atoms with Crippen molar-refractivity contribution in [3.63, 3.8) is 0 Å². The van der Waals surface area contributed by atoms with Gasteiger partial charge in [-0.05, 0) is 26.0 Å². The molecule has 0 saturated heterocycles. The number of hydrogen-bond acceptors (Lipinski definition) is 4. The summed E-state index contributed by atoms with van der Waals surface area (Å²) >= 11 is 0. The van der Waals surface area contributed by atoms with E-state index in [9.17, 15) is 0 Å². The molecular formula is C13H17N3O2. The highest BCUT2D eigenvalue weighted by Gasteiger charge is 2.18. The van der Waals surface area contributed by atoms with Crippen LogP contribution < -0.4 is 15.2 Å². The molecular weight excluding hydrogens is 230 g/mol. The number of rotatable bonds is 3. The van der Waals surface area contributed by atoms with Gasteiger partial charge >= 0.3 is 0 Å². The summed E-state index contributed by atoms with van der Waals surface area (Å²) in [4.78, 5) is 0.